The third-order valence-electron chi connectivity index (χ3n) is 2.27. The van der Waals surface area contributed by atoms with E-state index in [0.29, 0.717) is 17.0 Å². The third-order valence-corrected chi connectivity index (χ3v) is 2.50. The van der Waals surface area contributed by atoms with Crippen molar-refractivity contribution in [2.45, 2.75) is 26.3 Å². The molecule has 0 amide bonds. The van der Waals surface area contributed by atoms with Crippen LogP contribution in [0.15, 0.2) is 18.2 Å². The molecule has 0 saturated carbocycles. The van der Waals surface area contributed by atoms with Gasteiger partial charge in [-0.2, -0.15) is 0 Å². The van der Waals surface area contributed by atoms with E-state index in [1.807, 2.05) is 6.92 Å². The fourth-order valence-electron chi connectivity index (χ4n) is 1.52. The van der Waals surface area contributed by atoms with Crippen LogP contribution in [-0.4, -0.2) is 6.54 Å². The lowest BCUT2D eigenvalue weighted by molar-refractivity contribution is 0.520. The number of hydrogen-bond donors (Lipinski definition) is 1. The molecule has 0 heterocycles. The van der Waals surface area contributed by atoms with E-state index < -0.39 is 0 Å². The predicted octanol–water partition coefficient (Wildman–Crippen LogP) is 3.54. The fraction of sp³-hybridized carbons (Fsp3) is 0.385. The second-order valence-corrected chi connectivity index (χ2v) is 3.84. The monoisotopic (exact) mass is 239 g/mol. The van der Waals surface area contributed by atoms with E-state index in [9.17, 15) is 4.39 Å². The average Bonchev–Trinajstić information content (AvgIpc) is 2.28. The molecule has 0 aliphatic carbocycles. The van der Waals surface area contributed by atoms with E-state index in [1.165, 1.54) is 6.07 Å². The maximum atomic E-state index is 13.6. The molecular formula is C13H15ClFN. The maximum Gasteiger partial charge on any atom is 0.128 e. The van der Waals surface area contributed by atoms with Gasteiger partial charge in [-0.15, -0.1) is 11.8 Å². The third kappa shape index (κ3) is 3.52. The van der Waals surface area contributed by atoms with Crippen molar-refractivity contribution in [1.82, 2.24) is 5.32 Å². The van der Waals surface area contributed by atoms with Gasteiger partial charge in [0.15, 0.2) is 0 Å². The minimum atomic E-state index is -0.242. The minimum Gasteiger partial charge on any atom is -0.309 e. The zero-order valence-corrected chi connectivity index (χ0v) is 10.2. The summed E-state index contributed by atoms with van der Waals surface area (Å²) in [5.41, 5.74) is 0.581. The highest BCUT2D eigenvalue weighted by molar-refractivity contribution is 6.30. The van der Waals surface area contributed by atoms with Crippen LogP contribution < -0.4 is 5.32 Å². The predicted molar refractivity (Wildman–Crippen MR) is 65.9 cm³/mol. The van der Waals surface area contributed by atoms with Crippen LogP contribution in [0.2, 0.25) is 5.02 Å². The van der Waals surface area contributed by atoms with Gasteiger partial charge >= 0.3 is 0 Å². The molecule has 0 fully saturated rings. The average molecular weight is 240 g/mol. The normalized spacial score (nSPS) is 11.8. The van der Waals surface area contributed by atoms with Crippen molar-refractivity contribution in [2.24, 2.45) is 0 Å². The molecule has 1 atom stereocenters. The summed E-state index contributed by atoms with van der Waals surface area (Å²) in [6.45, 7) is 4.52. The van der Waals surface area contributed by atoms with Gasteiger partial charge in [-0.3, -0.25) is 0 Å². The van der Waals surface area contributed by atoms with Crippen molar-refractivity contribution >= 4 is 11.6 Å². The topological polar surface area (TPSA) is 12.0 Å². The van der Waals surface area contributed by atoms with Gasteiger partial charge in [-0.05, 0) is 31.7 Å². The van der Waals surface area contributed by atoms with E-state index in [1.54, 1.807) is 19.1 Å². The van der Waals surface area contributed by atoms with Gasteiger partial charge in [0, 0.05) is 23.0 Å². The summed E-state index contributed by atoms with van der Waals surface area (Å²) in [6.07, 6.45) is 0.585. The molecule has 0 spiro atoms. The number of hydrogen-bond acceptors (Lipinski definition) is 1. The van der Waals surface area contributed by atoms with Gasteiger partial charge in [-0.1, -0.05) is 18.5 Å². The molecule has 1 aromatic carbocycles. The summed E-state index contributed by atoms with van der Waals surface area (Å²) in [5, 5.41) is 3.75. The molecule has 3 heteroatoms. The SMILES string of the molecule is CC#CCC(NCC)c1cc(Cl)ccc1F. The van der Waals surface area contributed by atoms with Crippen molar-refractivity contribution in [3.8, 4) is 11.8 Å². The summed E-state index contributed by atoms with van der Waals surface area (Å²) in [5.74, 6) is 5.53. The fourth-order valence-corrected chi connectivity index (χ4v) is 1.70. The van der Waals surface area contributed by atoms with Crippen molar-refractivity contribution < 1.29 is 4.39 Å². The van der Waals surface area contributed by atoms with E-state index >= 15 is 0 Å². The van der Waals surface area contributed by atoms with E-state index in [4.69, 9.17) is 11.6 Å². The van der Waals surface area contributed by atoms with Gasteiger partial charge in [0.05, 0.1) is 0 Å². The van der Waals surface area contributed by atoms with Crippen LogP contribution in [0.3, 0.4) is 0 Å². The Bertz CT molecular complexity index is 406. The smallest absolute Gasteiger partial charge is 0.128 e. The van der Waals surface area contributed by atoms with Gasteiger partial charge in [-0.25, -0.2) is 4.39 Å². The van der Waals surface area contributed by atoms with E-state index in [0.717, 1.165) is 6.54 Å². The summed E-state index contributed by atoms with van der Waals surface area (Å²) in [4.78, 5) is 0. The molecule has 1 unspecified atom stereocenters. The number of halogens is 2. The Morgan fingerprint density at radius 3 is 2.88 bits per heavy atom. The van der Waals surface area contributed by atoms with Crippen molar-refractivity contribution in [2.75, 3.05) is 6.54 Å². The number of rotatable bonds is 4. The first kappa shape index (κ1) is 13.0. The Hall–Kier alpha value is -1.04. The largest absolute Gasteiger partial charge is 0.309 e. The summed E-state index contributed by atoms with van der Waals surface area (Å²) in [6, 6.07) is 4.49. The van der Waals surface area contributed by atoms with Gasteiger partial charge in [0.2, 0.25) is 0 Å². The molecule has 0 radical (unpaired) electrons. The maximum absolute atomic E-state index is 13.6. The van der Waals surface area contributed by atoms with Gasteiger partial charge < -0.3 is 5.32 Å². The first-order valence-corrected chi connectivity index (χ1v) is 5.64. The molecule has 1 aromatic rings. The Kier molecular flexibility index (Phi) is 5.31. The van der Waals surface area contributed by atoms with Gasteiger partial charge in [0.25, 0.3) is 0 Å². The molecule has 0 aromatic heterocycles. The van der Waals surface area contributed by atoms with Crippen LogP contribution >= 0.6 is 11.6 Å². The minimum absolute atomic E-state index is 0.101. The lowest BCUT2D eigenvalue weighted by Gasteiger charge is -2.16. The molecule has 0 bridgehead atoms. The Morgan fingerprint density at radius 2 is 2.25 bits per heavy atom. The highest BCUT2D eigenvalue weighted by Crippen LogP contribution is 2.23. The molecule has 16 heavy (non-hydrogen) atoms. The first-order chi connectivity index (χ1) is 7.69. The van der Waals surface area contributed by atoms with Crippen molar-refractivity contribution in [1.29, 1.82) is 0 Å². The van der Waals surface area contributed by atoms with Crippen LogP contribution in [0.4, 0.5) is 4.39 Å². The van der Waals surface area contributed by atoms with E-state index in [2.05, 4.69) is 17.2 Å². The van der Waals surface area contributed by atoms with Crippen LogP contribution in [0.1, 0.15) is 31.9 Å². The quantitative estimate of drug-likeness (QED) is 0.793. The van der Waals surface area contributed by atoms with Crippen molar-refractivity contribution in [3.05, 3.63) is 34.6 Å². The summed E-state index contributed by atoms with van der Waals surface area (Å²) < 4.78 is 13.6. The molecule has 1 nitrogen and oxygen atoms in total. The Morgan fingerprint density at radius 1 is 1.50 bits per heavy atom. The number of benzene rings is 1. The summed E-state index contributed by atoms with van der Waals surface area (Å²) in [7, 11) is 0. The zero-order valence-electron chi connectivity index (χ0n) is 9.48. The van der Waals surface area contributed by atoms with Crippen LogP contribution in [0.25, 0.3) is 0 Å². The molecule has 0 aliphatic heterocycles. The van der Waals surface area contributed by atoms with Gasteiger partial charge in [0.1, 0.15) is 5.82 Å². The molecular weight excluding hydrogens is 225 g/mol. The molecule has 0 aliphatic rings. The van der Waals surface area contributed by atoms with Crippen molar-refractivity contribution in [3.63, 3.8) is 0 Å². The van der Waals surface area contributed by atoms with Crippen LogP contribution in [0.5, 0.6) is 0 Å². The molecule has 0 saturated heterocycles. The Balaban J connectivity index is 2.97. The molecule has 1 N–H and O–H groups in total. The highest BCUT2D eigenvalue weighted by atomic mass is 35.5. The first-order valence-electron chi connectivity index (χ1n) is 5.27. The van der Waals surface area contributed by atoms with Crippen LogP contribution in [0, 0.1) is 17.7 Å². The van der Waals surface area contributed by atoms with Crippen LogP contribution in [-0.2, 0) is 0 Å². The lowest BCUT2D eigenvalue weighted by atomic mass is 10.0. The molecule has 1 rings (SSSR count). The zero-order chi connectivity index (χ0) is 12.0. The highest BCUT2D eigenvalue weighted by Gasteiger charge is 2.14. The standard InChI is InChI=1S/C13H15ClFN/c1-3-5-6-13(16-4-2)11-9-10(14)7-8-12(11)15/h7-9,13,16H,4,6H2,1-2H3. The molecule has 86 valence electrons. The lowest BCUT2D eigenvalue weighted by Crippen LogP contribution is -2.21. The number of nitrogens with one attached hydrogen (secondary N) is 1. The second-order valence-electron chi connectivity index (χ2n) is 3.41. The van der Waals surface area contributed by atoms with E-state index in [-0.39, 0.29) is 11.9 Å². The summed E-state index contributed by atoms with van der Waals surface area (Å²) >= 11 is 5.86. The second kappa shape index (κ2) is 6.52. The Labute approximate surface area is 101 Å².